The van der Waals surface area contributed by atoms with Gasteiger partial charge < -0.3 is 10.6 Å². The van der Waals surface area contributed by atoms with Crippen molar-refractivity contribution >= 4 is 11.9 Å². The van der Waals surface area contributed by atoms with Crippen LogP contribution in [0.2, 0.25) is 0 Å². The van der Waals surface area contributed by atoms with E-state index in [1.807, 2.05) is 20.8 Å². The van der Waals surface area contributed by atoms with Gasteiger partial charge >= 0.3 is 6.03 Å². The van der Waals surface area contributed by atoms with Crippen LogP contribution in [0.4, 0.5) is 4.79 Å². The van der Waals surface area contributed by atoms with E-state index in [4.69, 9.17) is 0 Å². The third-order valence-corrected chi connectivity index (χ3v) is 3.23. The molecule has 0 spiro atoms. The summed E-state index contributed by atoms with van der Waals surface area (Å²) in [6.45, 7) is 9.62. The van der Waals surface area contributed by atoms with E-state index in [1.54, 1.807) is 0 Å². The second kappa shape index (κ2) is 8.12. The van der Waals surface area contributed by atoms with Crippen LogP contribution in [0.25, 0.3) is 0 Å². The molecule has 1 unspecified atom stereocenters. The first-order valence-corrected chi connectivity index (χ1v) is 7.05. The Morgan fingerprint density at radius 2 is 2.16 bits per heavy atom. The molecule has 0 bridgehead atoms. The molecule has 3 amide bonds. The van der Waals surface area contributed by atoms with Crippen molar-refractivity contribution in [3.8, 4) is 0 Å². The Labute approximate surface area is 115 Å². The maximum absolute atomic E-state index is 11.8. The average Bonchev–Trinajstić information content (AvgIpc) is 2.87. The Hall–Kier alpha value is -1.14. The molecule has 19 heavy (non-hydrogen) atoms. The van der Waals surface area contributed by atoms with Gasteiger partial charge in [-0.25, -0.2) is 4.79 Å². The number of urea groups is 1. The summed E-state index contributed by atoms with van der Waals surface area (Å²) in [6, 6.07) is -0.00576. The van der Waals surface area contributed by atoms with E-state index in [2.05, 4.69) is 20.9 Å². The largest absolute Gasteiger partial charge is 0.338 e. The molecule has 1 aliphatic rings. The number of hydrogen-bond donors (Lipinski definition) is 3. The summed E-state index contributed by atoms with van der Waals surface area (Å²) in [6.07, 6.45) is 1.06. The molecule has 1 fully saturated rings. The van der Waals surface area contributed by atoms with Crippen molar-refractivity contribution in [1.82, 2.24) is 20.9 Å². The van der Waals surface area contributed by atoms with E-state index >= 15 is 0 Å². The number of nitrogens with zero attached hydrogens (tertiary/aromatic N) is 1. The van der Waals surface area contributed by atoms with Gasteiger partial charge in [0.25, 0.3) is 0 Å². The maximum Gasteiger partial charge on any atom is 0.321 e. The minimum atomic E-state index is -0.403. The van der Waals surface area contributed by atoms with Gasteiger partial charge in [0.2, 0.25) is 5.91 Å². The third kappa shape index (κ3) is 6.02. The highest BCUT2D eigenvalue weighted by molar-refractivity contribution is 5.95. The van der Waals surface area contributed by atoms with Crippen molar-refractivity contribution in [2.24, 2.45) is 5.92 Å². The van der Waals surface area contributed by atoms with Crippen molar-refractivity contribution in [2.45, 2.75) is 33.2 Å². The van der Waals surface area contributed by atoms with Crippen LogP contribution in [0.15, 0.2) is 0 Å². The van der Waals surface area contributed by atoms with Gasteiger partial charge in [-0.3, -0.25) is 15.0 Å². The number of amides is 3. The summed E-state index contributed by atoms with van der Waals surface area (Å²) in [5.41, 5.74) is 0. The molecule has 1 atom stereocenters. The zero-order chi connectivity index (χ0) is 14.3. The molecule has 1 saturated heterocycles. The van der Waals surface area contributed by atoms with Crippen LogP contribution < -0.4 is 16.0 Å². The Morgan fingerprint density at radius 3 is 2.68 bits per heavy atom. The maximum atomic E-state index is 11.8. The monoisotopic (exact) mass is 270 g/mol. The summed E-state index contributed by atoms with van der Waals surface area (Å²) < 4.78 is 0. The lowest BCUT2D eigenvalue weighted by Crippen LogP contribution is -2.48. The molecule has 110 valence electrons. The van der Waals surface area contributed by atoms with Crippen LogP contribution in [-0.4, -0.2) is 55.6 Å². The van der Waals surface area contributed by atoms with Crippen LogP contribution in [0.1, 0.15) is 27.2 Å². The number of nitrogens with one attached hydrogen (secondary N) is 3. The molecule has 0 aromatic carbocycles. The van der Waals surface area contributed by atoms with Crippen LogP contribution in [0.5, 0.6) is 0 Å². The number of likely N-dealkylation sites (N-methyl/N-ethyl adjacent to an activating group) is 1. The Balaban J connectivity index is 2.30. The number of rotatable bonds is 6. The van der Waals surface area contributed by atoms with Gasteiger partial charge in [-0.2, -0.15) is 0 Å². The second-order valence-corrected chi connectivity index (χ2v) is 5.36. The zero-order valence-electron chi connectivity index (χ0n) is 12.2. The molecule has 1 rings (SSSR count). The van der Waals surface area contributed by atoms with Gasteiger partial charge in [-0.05, 0) is 25.4 Å². The van der Waals surface area contributed by atoms with E-state index in [-0.39, 0.29) is 12.5 Å². The van der Waals surface area contributed by atoms with E-state index in [1.165, 1.54) is 0 Å². The van der Waals surface area contributed by atoms with Crippen LogP contribution >= 0.6 is 0 Å². The Kier molecular flexibility index (Phi) is 6.80. The van der Waals surface area contributed by atoms with Crippen molar-refractivity contribution in [1.29, 1.82) is 0 Å². The first kappa shape index (κ1) is 15.9. The van der Waals surface area contributed by atoms with Gasteiger partial charge in [0.1, 0.15) is 0 Å². The minimum Gasteiger partial charge on any atom is -0.338 e. The fourth-order valence-corrected chi connectivity index (χ4v) is 2.14. The lowest BCUT2D eigenvalue weighted by atomic mass is 10.2. The predicted octanol–water partition coefficient (Wildman–Crippen LogP) is 0.152. The van der Waals surface area contributed by atoms with Crippen LogP contribution in [-0.2, 0) is 4.79 Å². The van der Waals surface area contributed by atoms with Crippen molar-refractivity contribution < 1.29 is 9.59 Å². The fourth-order valence-electron chi connectivity index (χ4n) is 2.14. The lowest BCUT2D eigenvalue weighted by Gasteiger charge is -2.25. The number of carbonyl (C=O) groups is 2. The molecule has 1 aliphatic heterocycles. The number of hydrogen-bond acceptors (Lipinski definition) is 4. The average molecular weight is 270 g/mol. The molecular weight excluding hydrogens is 244 g/mol. The molecule has 0 saturated carbocycles. The summed E-state index contributed by atoms with van der Waals surface area (Å²) in [5, 5.41) is 8.33. The summed E-state index contributed by atoms with van der Waals surface area (Å²) in [4.78, 5) is 25.4. The molecule has 6 heteroatoms. The van der Waals surface area contributed by atoms with Crippen LogP contribution in [0, 0.1) is 5.92 Å². The molecular formula is C13H26N4O2. The van der Waals surface area contributed by atoms with Gasteiger partial charge in [0.15, 0.2) is 0 Å². The summed E-state index contributed by atoms with van der Waals surface area (Å²) in [5.74, 6) is 0.132. The summed E-state index contributed by atoms with van der Waals surface area (Å²) in [7, 11) is 0. The lowest BCUT2D eigenvalue weighted by molar-refractivity contribution is -0.121. The van der Waals surface area contributed by atoms with Crippen molar-refractivity contribution in [2.75, 3.05) is 32.7 Å². The molecule has 0 aromatic heterocycles. The van der Waals surface area contributed by atoms with Crippen molar-refractivity contribution in [3.05, 3.63) is 0 Å². The van der Waals surface area contributed by atoms with E-state index in [0.29, 0.717) is 18.5 Å². The smallest absolute Gasteiger partial charge is 0.321 e. The van der Waals surface area contributed by atoms with Gasteiger partial charge in [0.05, 0.1) is 6.54 Å². The van der Waals surface area contributed by atoms with Crippen molar-refractivity contribution in [3.63, 3.8) is 0 Å². The van der Waals surface area contributed by atoms with Gasteiger partial charge in [-0.1, -0.05) is 20.8 Å². The molecule has 0 radical (unpaired) electrons. The minimum absolute atomic E-state index is 0.241. The number of carbonyl (C=O) groups excluding carboxylic acids is 2. The first-order valence-electron chi connectivity index (χ1n) is 7.05. The van der Waals surface area contributed by atoms with Gasteiger partial charge in [0, 0.05) is 19.1 Å². The number of imide groups is 1. The second-order valence-electron chi connectivity index (χ2n) is 5.36. The zero-order valence-corrected chi connectivity index (χ0v) is 12.2. The fraction of sp³-hybridized carbons (Fsp3) is 0.846. The molecule has 6 nitrogen and oxygen atoms in total. The molecule has 3 N–H and O–H groups in total. The van der Waals surface area contributed by atoms with E-state index in [9.17, 15) is 9.59 Å². The van der Waals surface area contributed by atoms with E-state index < -0.39 is 6.03 Å². The Morgan fingerprint density at radius 1 is 1.42 bits per heavy atom. The van der Waals surface area contributed by atoms with E-state index in [0.717, 1.165) is 26.1 Å². The van der Waals surface area contributed by atoms with Crippen LogP contribution in [0.3, 0.4) is 0 Å². The summed E-state index contributed by atoms with van der Waals surface area (Å²) >= 11 is 0. The molecule has 0 aromatic rings. The predicted molar refractivity (Wildman–Crippen MR) is 74.9 cm³/mol. The normalized spacial score (nSPS) is 18.9. The standard InChI is InChI=1S/C13H26N4O2/c1-4-17(11-5-6-14-8-11)9-12(18)16-13(19)15-7-10(2)3/h10-11,14H,4-9H2,1-3H3,(H2,15,16,18,19). The highest BCUT2D eigenvalue weighted by Gasteiger charge is 2.23. The van der Waals surface area contributed by atoms with Gasteiger partial charge in [-0.15, -0.1) is 0 Å². The quantitative estimate of drug-likeness (QED) is 0.642. The highest BCUT2D eigenvalue weighted by atomic mass is 16.2. The third-order valence-electron chi connectivity index (χ3n) is 3.23. The Bertz CT molecular complexity index is 301. The molecule has 0 aliphatic carbocycles. The molecule has 1 heterocycles. The first-order chi connectivity index (χ1) is 9.02. The topological polar surface area (TPSA) is 73.5 Å². The highest BCUT2D eigenvalue weighted by Crippen LogP contribution is 2.07. The SMILES string of the molecule is CCN(CC(=O)NC(=O)NCC(C)C)C1CCNC1.